The fraction of sp³-hybridized carbons (Fsp3) is 0.600. The van der Waals surface area contributed by atoms with Crippen LogP contribution in [-0.2, 0) is 16.1 Å². The molecular formula is C20H28N2O2. The third-order valence-electron chi connectivity index (χ3n) is 5.43. The summed E-state index contributed by atoms with van der Waals surface area (Å²) in [7, 11) is 0. The van der Waals surface area contributed by atoms with Crippen LogP contribution in [0.3, 0.4) is 0 Å². The standard InChI is InChI=1S/C20H28N2O2/c1-2-16-14-22(20(24)17-8-9-17)11-10-18(16)12-19(23)21-13-15-6-4-3-5-7-15/h3-7,16-18H,2,8-14H2,1H3,(H,21,23)/t16-,18+/m1/s1. The van der Waals surface area contributed by atoms with Crippen LogP contribution in [0, 0.1) is 17.8 Å². The first-order chi connectivity index (χ1) is 11.7. The molecule has 1 aromatic rings. The molecule has 1 aliphatic carbocycles. The van der Waals surface area contributed by atoms with E-state index in [9.17, 15) is 9.59 Å². The maximum atomic E-state index is 12.3. The first-order valence-corrected chi connectivity index (χ1v) is 9.26. The lowest BCUT2D eigenvalue weighted by atomic mass is 9.81. The van der Waals surface area contributed by atoms with Crippen molar-refractivity contribution in [1.29, 1.82) is 0 Å². The van der Waals surface area contributed by atoms with Crippen LogP contribution in [0.5, 0.6) is 0 Å². The quantitative estimate of drug-likeness (QED) is 0.873. The zero-order valence-electron chi connectivity index (χ0n) is 14.5. The molecule has 130 valence electrons. The minimum atomic E-state index is 0.129. The second-order valence-corrected chi connectivity index (χ2v) is 7.24. The minimum Gasteiger partial charge on any atom is -0.352 e. The number of carbonyl (C=O) groups excluding carboxylic acids is 2. The van der Waals surface area contributed by atoms with Gasteiger partial charge in [0.05, 0.1) is 0 Å². The van der Waals surface area contributed by atoms with Crippen LogP contribution in [0.15, 0.2) is 30.3 Å². The number of hydrogen-bond acceptors (Lipinski definition) is 2. The molecule has 1 saturated heterocycles. The Morgan fingerprint density at radius 3 is 2.54 bits per heavy atom. The predicted octanol–water partition coefficient (Wildman–Crippen LogP) is 2.98. The average Bonchev–Trinajstić information content (AvgIpc) is 3.45. The predicted molar refractivity (Wildman–Crippen MR) is 94.1 cm³/mol. The molecule has 1 N–H and O–H groups in total. The second kappa shape index (κ2) is 7.82. The molecule has 2 fully saturated rings. The fourth-order valence-electron chi connectivity index (χ4n) is 3.71. The van der Waals surface area contributed by atoms with E-state index in [0.29, 0.717) is 36.6 Å². The summed E-state index contributed by atoms with van der Waals surface area (Å²) in [5.41, 5.74) is 1.13. The Morgan fingerprint density at radius 2 is 1.88 bits per heavy atom. The van der Waals surface area contributed by atoms with Gasteiger partial charge in [0.15, 0.2) is 0 Å². The van der Waals surface area contributed by atoms with Gasteiger partial charge in [-0.1, -0.05) is 43.7 Å². The van der Waals surface area contributed by atoms with E-state index in [4.69, 9.17) is 0 Å². The number of nitrogens with one attached hydrogen (secondary N) is 1. The van der Waals surface area contributed by atoms with Gasteiger partial charge in [-0.05, 0) is 36.7 Å². The summed E-state index contributed by atoms with van der Waals surface area (Å²) >= 11 is 0. The van der Waals surface area contributed by atoms with E-state index in [1.165, 1.54) is 0 Å². The summed E-state index contributed by atoms with van der Waals surface area (Å²) in [6.07, 6.45) is 4.70. The van der Waals surface area contributed by atoms with Crippen LogP contribution in [0.25, 0.3) is 0 Å². The van der Waals surface area contributed by atoms with Crippen molar-refractivity contribution in [3.8, 4) is 0 Å². The Kier molecular flexibility index (Phi) is 5.54. The van der Waals surface area contributed by atoms with Crippen LogP contribution >= 0.6 is 0 Å². The van der Waals surface area contributed by atoms with Gasteiger partial charge in [-0.3, -0.25) is 9.59 Å². The number of rotatable bonds is 6. The number of hydrogen-bond donors (Lipinski definition) is 1. The molecule has 2 amide bonds. The summed E-state index contributed by atoms with van der Waals surface area (Å²) in [5.74, 6) is 1.62. The Morgan fingerprint density at radius 1 is 1.12 bits per heavy atom. The van der Waals surface area contributed by atoms with Gasteiger partial charge in [0.2, 0.25) is 11.8 Å². The molecule has 0 spiro atoms. The summed E-state index contributed by atoms with van der Waals surface area (Å²) < 4.78 is 0. The van der Waals surface area contributed by atoms with E-state index >= 15 is 0 Å². The van der Waals surface area contributed by atoms with E-state index in [0.717, 1.165) is 44.3 Å². The van der Waals surface area contributed by atoms with Gasteiger partial charge in [-0.25, -0.2) is 0 Å². The fourth-order valence-corrected chi connectivity index (χ4v) is 3.71. The minimum absolute atomic E-state index is 0.129. The van der Waals surface area contributed by atoms with Crippen LogP contribution in [0.2, 0.25) is 0 Å². The molecule has 1 aromatic carbocycles. The highest BCUT2D eigenvalue weighted by molar-refractivity contribution is 5.81. The highest BCUT2D eigenvalue weighted by Gasteiger charge is 2.37. The SMILES string of the molecule is CC[C@@H]1CN(C(=O)C2CC2)CC[C@H]1CC(=O)NCc1ccccc1. The van der Waals surface area contributed by atoms with E-state index in [-0.39, 0.29) is 5.91 Å². The van der Waals surface area contributed by atoms with Gasteiger partial charge < -0.3 is 10.2 Å². The van der Waals surface area contributed by atoms with Crippen molar-refractivity contribution < 1.29 is 9.59 Å². The third-order valence-corrected chi connectivity index (χ3v) is 5.43. The van der Waals surface area contributed by atoms with Crippen LogP contribution in [-0.4, -0.2) is 29.8 Å². The van der Waals surface area contributed by atoms with Gasteiger partial charge in [0.25, 0.3) is 0 Å². The first-order valence-electron chi connectivity index (χ1n) is 9.26. The lowest BCUT2D eigenvalue weighted by Gasteiger charge is -2.38. The smallest absolute Gasteiger partial charge is 0.225 e. The molecule has 0 bridgehead atoms. The zero-order valence-corrected chi connectivity index (χ0v) is 14.5. The van der Waals surface area contributed by atoms with E-state index < -0.39 is 0 Å². The molecule has 3 rings (SSSR count). The second-order valence-electron chi connectivity index (χ2n) is 7.24. The number of benzene rings is 1. The Labute approximate surface area is 144 Å². The van der Waals surface area contributed by atoms with Crippen LogP contribution in [0.1, 0.15) is 44.6 Å². The van der Waals surface area contributed by atoms with Crippen molar-refractivity contribution >= 4 is 11.8 Å². The maximum Gasteiger partial charge on any atom is 0.225 e. The number of carbonyl (C=O) groups is 2. The van der Waals surface area contributed by atoms with Gasteiger partial charge in [0.1, 0.15) is 0 Å². The molecular weight excluding hydrogens is 300 g/mol. The van der Waals surface area contributed by atoms with Crippen molar-refractivity contribution in [3.63, 3.8) is 0 Å². The topological polar surface area (TPSA) is 49.4 Å². The summed E-state index contributed by atoms with van der Waals surface area (Å²) in [5, 5.41) is 3.03. The first kappa shape index (κ1) is 17.0. The molecule has 2 aliphatic rings. The van der Waals surface area contributed by atoms with E-state index in [1.54, 1.807) is 0 Å². The van der Waals surface area contributed by atoms with Gasteiger partial charge in [-0.15, -0.1) is 0 Å². The largest absolute Gasteiger partial charge is 0.352 e. The number of nitrogens with zero attached hydrogens (tertiary/aromatic N) is 1. The Balaban J connectivity index is 1.47. The third kappa shape index (κ3) is 4.37. The molecule has 1 aliphatic heterocycles. The average molecular weight is 328 g/mol. The lowest BCUT2D eigenvalue weighted by molar-refractivity contribution is -0.135. The molecule has 1 heterocycles. The highest BCUT2D eigenvalue weighted by Crippen LogP contribution is 2.35. The van der Waals surface area contributed by atoms with Crippen molar-refractivity contribution in [2.24, 2.45) is 17.8 Å². The van der Waals surface area contributed by atoms with E-state index in [1.807, 2.05) is 35.2 Å². The number of likely N-dealkylation sites (tertiary alicyclic amines) is 1. The molecule has 0 radical (unpaired) electrons. The normalized spacial score (nSPS) is 23.8. The molecule has 4 heteroatoms. The van der Waals surface area contributed by atoms with Gasteiger partial charge in [-0.2, -0.15) is 0 Å². The number of amides is 2. The Bertz CT molecular complexity index is 568. The molecule has 24 heavy (non-hydrogen) atoms. The molecule has 1 saturated carbocycles. The summed E-state index contributed by atoms with van der Waals surface area (Å²) in [4.78, 5) is 26.6. The highest BCUT2D eigenvalue weighted by atomic mass is 16.2. The monoisotopic (exact) mass is 328 g/mol. The van der Waals surface area contributed by atoms with Crippen molar-refractivity contribution in [1.82, 2.24) is 10.2 Å². The molecule has 2 atom stereocenters. The zero-order chi connectivity index (χ0) is 16.9. The Hall–Kier alpha value is -1.84. The lowest BCUT2D eigenvalue weighted by Crippen LogP contribution is -2.45. The summed E-state index contributed by atoms with van der Waals surface area (Å²) in [6, 6.07) is 10.0. The van der Waals surface area contributed by atoms with Gasteiger partial charge >= 0.3 is 0 Å². The molecule has 0 unspecified atom stereocenters. The summed E-state index contributed by atoms with van der Waals surface area (Å²) in [6.45, 7) is 4.42. The van der Waals surface area contributed by atoms with Crippen LogP contribution < -0.4 is 5.32 Å². The van der Waals surface area contributed by atoms with Crippen molar-refractivity contribution in [2.75, 3.05) is 13.1 Å². The molecule has 4 nitrogen and oxygen atoms in total. The van der Waals surface area contributed by atoms with Crippen LogP contribution in [0.4, 0.5) is 0 Å². The van der Waals surface area contributed by atoms with Crippen molar-refractivity contribution in [2.45, 2.75) is 45.6 Å². The number of piperidine rings is 1. The van der Waals surface area contributed by atoms with Crippen molar-refractivity contribution in [3.05, 3.63) is 35.9 Å². The maximum absolute atomic E-state index is 12.3. The molecule has 0 aromatic heterocycles. The van der Waals surface area contributed by atoms with E-state index in [2.05, 4.69) is 12.2 Å². The van der Waals surface area contributed by atoms with Gasteiger partial charge in [0, 0.05) is 32.0 Å².